The Bertz CT molecular complexity index is 1010. The fourth-order valence-corrected chi connectivity index (χ4v) is 5.59. The number of methoxy groups -OCH3 is 1. The minimum absolute atomic E-state index is 0.0653. The second-order valence-electron chi connectivity index (χ2n) is 6.60. The predicted octanol–water partition coefficient (Wildman–Crippen LogP) is 2.73. The molecule has 0 radical (unpaired) electrons. The molecule has 0 saturated heterocycles. The van der Waals surface area contributed by atoms with E-state index in [1.807, 2.05) is 19.1 Å². The summed E-state index contributed by atoms with van der Waals surface area (Å²) < 4.78 is 59.9. The number of hydrogen-bond donors (Lipinski definition) is 2. The van der Waals surface area contributed by atoms with Gasteiger partial charge >= 0.3 is 0 Å². The normalized spacial score (nSPS) is 12.1. The van der Waals surface area contributed by atoms with Gasteiger partial charge in [-0.3, -0.25) is 4.72 Å². The van der Waals surface area contributed by atoms with Crippen molar-refractivity contribution < 1.29 is 21.6 Å². The van der Waals surface area contributed by atoms with Gasteiger partial charge in [-0.1, -0.05) is 17.7 Å². The second-order valence-corrected chi connectivity index (χ2v) is 9.99. The average molecular weight is 427 g/mol. The van der Waals surface area contributed by atoms with Crippen LogP contribution in [-0.2, 0) is 24.8 Å². The Balaban J connectivity index is 2.18. The monoisotopic (exact) mass is 426 g/mol. The van der Waals surface area contributed by atoms with E-state index < -0.39 is 20.0 Å². The van der Waals surface area contributed by atoms with Crippen LogP contribution >= 0.6 is 0 Å². The van der Waals surface area contributed by atoms with Crippen molar-refractivity contribution in [3.8, 4) is 0 Å². The van der Waals surface area contributed by atoms with Crippen molar-refractivity contribution in [3.05, 3.63) is 53.1 Å². The van der Waals surface area contributed by atoms with E-state index in [2.05, 4.69) is 9.44 Å². The lowest BCUT2D eigenvalue weighted by Gasteiger charge is -2.14. The topological polar surface area (TPSA) is 102 Å². The van der Waals surface area contributed by atoms with E-state index in [0.717, 1.165) is 5.56 Å². The smallest absolute Gasteiger partial charge is 0.262 e. The van der Waals surface area contributed by atoms with Crippen molar-refractivity contribution >= 4 is 25.7 Å². The Morgan fingerprint density at radius 3 is 2.00 bits per heavy atom. The van der Waals surface area contributed by atoms with Crippen LogP contribution < -0.4 is 9.44 Å². The molecule has 7 nitrogen and oxygen atoms in total. The molecule has 0 atom stereocenters. The van der Waals surface area contributed by atoms with Crippen LogP contribution in [0.4, 0.5) is 5.69 Å². The van der Waals surface area contributed by atoms with Gasteiger partial charge in [0.2, 0.25) is 10.0 Å². The maximum absolute atomic E-state index is 12.8. The predicted molar refractivity (Wildman–Crippen MR) is 110 cm³/mol. The van der Waals surface area contributed by atoms with Gasteiger partial charge in [0.15, 0.2) is 0 Å². The van der Waals surface area contributed by atoms with Crippen molar-refractivity contribution in [1.29, 1.82) is 0 Å². The van der Waals surface area contributed by atoms with E-state index in [1.54, 1.807) is 21.0 Å². The third kappa shape index (κ3) is 5.54. The van der Waals surface area contributed by atoms with Crippen LogP contribution in [-0.4, -0.2) is 37.1 Å². The first kappa shape index (κ1) is 22.4. The SMILES string of the molecule is COCCCNS(=O)(=O)c1ccc(NS(=O)(=O)c2c(C)cc(C)cc2C)cc1. The minimum Gasteiger partial charge on any atom is -0.385 e. The lowest BCUT2D eigenvalue weighted by atomic mass is 10.1. The van der Waals surface area contributed by atoms with E-state index in [-0.39, 0.29) is 22.0 Å². The number of ether oxygens (including phenoxy) is 1. The molecule has 0 unspecified atom stereocenters. The van der Waals surface area contributed by atoms with Crippen molar-refractivity contribution in [2.75, 3.05) is 25.0 Å². The van der Waals surface area contributed by atoms with Gasteiger partial charge in [0, 0.05) is 25.9 Å². The molecule has 0 aliphatic carbocycles. The lowest BCUT2D eigenvalue weighted by Crippen LogP contribution is -2.25. The molecule has 0 amide bonds. The van der Waals surface area contributed by atoms with E-state index in [4.69, 9.17) is 4.74 Å². The lowest BCUT2D eigenvalue weighted by molar-refractivity contribution is 0.196. The molecule has 154 valence electrons. The number of anilines is 1. The molecule has 0 saturated carbocycles. The fraction of sp³-hybridized carbons (Fsp3) is 0.368. The van der Waals surface area contributed by atoms with Crippen molar-refractivity contribution in [3.63, 3.8) is 0 Å². The molecular weight excluding hydrogens is 400 g/mol. The summed E-state index contributed by atoms with van der Waals surface area (Å²) in [6, 6.07) is 9.22. The molecule has 0 spiro atoms. The summed E-state index contributed by atoms with van der Waals surface area (Å²) in [7, 11) is -5.89. The first-order valence-electron chi connectivity index (χ1n) is 8.76. The zero-order chi connectivity index (χ0) is 20.9. The standard InChI is InChI=1S/C19H26N2O5S2/c1-14-12-15(2)19(16(3)13-14)28(24,25)21-17-6-8-18(9-7-17)27(22,23)20-10-5-11-26-4/h6-9,12-13,20-21H,5,10-11H2,1-4H3. The molecule has 2 rings (SSSR count). The summed E-state index contributed by atoms with van der Waals surface area (Å²) >= 11 is 0. The Labute approximate surface area is 167 Å². The molecule has 0 aliphatic heterocycles. The van der Waals surface area contributed by atoms with Crippen LogP contribution in [0.1, 0.15) is 23.1 Å². The maximum atomic E-state index is 12.8. The average Bonchev–Trinajstić information content (AvgIpc) is 2.57. The third-order valence-corrected chi connectivity index (χ3v) is 7.27. The molecule has 0 fully saturated rings. The molecular formula is C19H26N2O5S2. The van der Waals surface area contributed by atoms with Crippen molar-refractivity contribution in [1.82, 2.24) is 4.72 Å². The molecule has 0 aromatic heterocycles. The Hall–Kier alpha value is -1.94. The summed E-state index contributed by atoms with van der Waals surface area (Å²) in [6.45, 7) is 6.13. The van der Waals surface area contributed by atoms with Gasteiger partial charge in [-0.25, -0.2) is 21.6 Å². The van der Waals surface area contributed by atoms with Gasteiger partial charge in [-0.2, -0.15) is 0 Å². The van der Waals surface area contributed by atoms with Gasteiger partial charge in [0.1, 0.15) is 0 Å². The van der Waals surface area contributed by atoms with Gasteiger partial charge in [0.25, 0.3) is 10.0 Å². The summed E-state index contributed by atoms with van der Waals surface area (Å²) in [4.78, 5) is 0.296. The number of sulfonamides is 2. The molecule has 2 N–H and O–H groups in total. The number of rotatable bonds is 9. The molecule has 0 aliphatic rings. The van der Waals surface area contributed by atoms with Crippen LogP contribution in [0, 0.1) is 20.8 Å². The van der Waals surface area contributed by atoms with Crippen molar-refractivity contribution in [2.24, 2.45) is 0 Å². The number of aryl methyl sites for hydroxylation is 3. The number of benzene rings is 2. The van der Waals surface area contributed by atoms with E-state index in [1.165, 1.54) is 24.3 Å². The summed E-state index contributed by atoms with van der Waals surface area (Å²) in [6.07, 6.45) is 0.558. The third-order valence-electron chi connectivity index (χ3n) is 4.11. The summed E-state index contributed by atoms with van der Waals surface area (Å²) in [5.41, 5.74) is 2.59. The number of nitrogens with one attached hydrogen (secondary N) is 2. The van der Waals surface area contributed by atoms with Crippen molar-refractivity contribution in [2.45, 2.75) is 37.0 Å². The van der Waals surface area contributed by atoms with E-state index in [9.17, 15) is 16.8 Å². The Morgan fingerprint density at radius 2 is 1.46 bits per heavy atom. The first-order valence-corrected chi connectivity index (χ1v) is 11.7. The highest BCUT2D eigenvalue weighted by atomic mass is 32.2. The van der Waals surface area contributed by atoms with Crippen LogP contribution in [0.5, 0.6) is 0 Å². The molecule has 2 aromatic carbocycles. The highest BCUT2D eigenvalue weighted by Crippen LogP contribution is 2.25. The van der Waals surface area contributed by atoms with E-state index >= 15 is 0 Å². The minimum atomic E-state index is -3.79. The molecule has 9 heteroatoms. The zero-order valence-corrected chi connectivity index (χ0v) is 18.1. The van der Waals surface area contributed by atoms with Gasteiger partial charge in [-0.05, 0) is 62.6 Å². The Kier molecular flexibility index (Phi) is 7.22. The van der Waals surface area contributed by atoms with Crippen LogP contribution in [0.25, 0.3) is 0 Å². The van der Waals surface area contributed by atoms with Gasteiger partial charge < -0.3 is 4.74 Å². The van der Waals surface area contributed by atoms with Gasteiger partial charge in [-0.15, -0.1) is 0 Å². The largest absolute Gasteiger partial charge is 0.385 e. The van der Waals surface area contributed by atoms with Crippen LogP contribution in [0.2, 0.25) is 0 Å². The highest BCUT2D eigenvalue weighted by molar-refractivity contribution is 7.92. The molecule has 28 heavy (non-hydrogen) atoms. The fourth-order valence-electron chi connectivity index (χ4n) is 3.01. The quantitative estimate of drug-likeness (QED) is 0.601. The second kappa shape index (κ2) is 9.04. The molecule has 0 bridgehead atoms. The Morgan fingerprint density at radius 1 is 0.893 bits per heavy atom. The maximum Gasteiger partial charge on any atom is 0.262 e. The zero-order valence-electron chi connectivity index (χ0n) is 16.4. The summed E-state index contributed by atoms with van der Waals surface area (Å²) in [5, 5.41) is 0. The number of hydrogen-bond acceptors (Lipinski definition) is 5. The van der Waals surface area contributed by atoms with Crippen LogP contribution in [0.15, 0.2) is 46.2 Å². The van der Waals surface area contributed by atoms with Crippen LogP contribution in [0.3, 0.4) is 0 Å². The highest BCUT2D eigenvalue weighted by Gasteiger charge is 2.20. The summed E-state index contributed by atoms with van der Waals surface area (Å²) in [5.74, 6) is 0. The van der Waals surface area contributed by atoms with E-state index in [0.29, 0.717) is 24.2 Å². The van der Waals surface area contributed by atoms with Gasteiger partial charge in [0.05, 0.1) is 9.79 Å². The molecule has 2 aromatic rings. The first-order chi connectivity index (χ1) is 13.1. The molecule has 0 heterocycles.